The molecule has 30 heavy (non-hydrogen) atoms. The molecule has 1 atom stereocenters. The molecule has 2 aromatic carbocycles. The Bertz CT molecular complexity index is 826. The molecule has 1 unspecified atom stereocenters. The van der Waals surface area contributed by atoms with Crippen LogP contribution < -0.4 is 10.6 Å². The van der Waals surface area contributed by atoms with E-state index in [1.165, 1.54) is 22.3 Å². The standard InChI is InChI=1S/C24H32N4O.HI/c1-18-10-12-20(13-11-18)19(2)15-27-24(25-3)26-14-6-9-23(29)28-16-21-7-4-5-8-22(21)17-28;/h4-5,7-8,10-13,19H,6,9,14-17H2,1-3H3,(H2,25,26,27);1H. The first kappa shape index (κ1) is 24.2. The van der Waals surface area contributed by atoms with Crippen LogP contribution in [-0.4, -0.2) is 36.9 Å². The molecule has 0 aliphatic carbocycles. The molecule has 6 heteroatoms. The second kappa shape index (κ2) is 11.9. The largest absolute Gasteiger partial charge is 0.356 e. The van der Waals surface area contributed by atoms with Crippen molar-refractivity contribution in [2.45, 2.75) is 45.7 Å². The van der Waals surface area contributed by atoms with Gasteiger partial charge in [0.15, 0.2) is 5.96 Å². The molecule has 0 radical (unpaired) electrons. The molecule has 1 aliphatic heterocycles. The quantitative estimate of drug-likeness (QED) is 0.249. The Hall–Kier alpha value is -2.09. The summed E-state index contributed by atoms with van der Waals surface area (Å²) < 4.78 is 0. The van der Waals surface area contributed by atoms with Crippen LogP contribution in [0.15, 0.2) is 53.5 Å². The van der Waals surface area contributed by atoms with Gasteiger partial charge in [-0.3, -0.25) is 9.79 Å². The predicted molar refractivity (Wildman–Crippen MR) is 134 cm³/mol. The van der Waals surface area contributed by atoms with E-state index < -0.39 is 0 Å². The fraction of sp³-hybridized carbons (Fsp3) is 0.417. The Morgan fingerprint density at radius 3 is 2.30 bits per heavy atom. The van der Waals surface area contributed by atoms with Gasteiger partial charge in [-0.05, 0) is 36.0 Å². The topological polar surface area (TPSA) is 56.7 Å². The van der Waals surface area contributed by atoms with Crippen LogP contribution in [0.25, 0.3) is 0 Å². The van der Waals surface area contributed by atoms with E-state index in [0.29, 0.717) is 12.3 Å². The first-order valence-corrected chi connectivity index (χ1v) is 10.4. The van der Waals surface area contributed by atoms with Crippen molar-refractivity contribution in [3.63, 3.8) is 0 Å². The number of rotatable bonds is 7. The van der Waals surface area contributed by atoms with Gasteiger partial charge >= 0.3 is 0 Å². The minimum absolute atomic E-state index is 0. The lowest BCUT2D eigenvalue weighted by molar-refractivity contribution is -0.131. The van der Waals surface area contributed by atoms with Crippen LogP contribution in [0.4, 0.5) is 0 Å². The number of aliphatic imine (C=N–C) groups is 1. The van der Waals surface area contributed by atoms with Gasteiger partial charge in [0.2, 0.25) is 5.91 Å². The fourth-order valence-electron chi connectivity index (χ4n) is 3.60. The van der Waals surface area contributed by atoms with E-state index in [4.69, 9.17) is 0 Å². The fourth-order valence-corrected chi connectivity index (χ4v) is 3.60. The van der Waals surface area contributed by atoms with Crippen LogP contribution in [0.5, 0.6) is 0 Å². The Morgan fingerprint density at radius 1 is 1.07 bits per heavy atom. The molecule has 162 valence electrons. The van der Waals surface area contributed by atoms with Gasteiger partial charge in [0.05, 0.1) is 0 Å². The van der Waals surface area contributed by atoms with Crippen LogP contribution in [-0.2, 0) is 17.9 Å². The molecule has 0 bridgehead atoms. The van der Waals surface area contributed by atoms with E-state index in [9.17, 15) is 4.79 Å². The van der Waals surface area contributed by atoms with Crippen LogP contribution in [0.3, 0.4) is 0 Å². The zero-order valence-electron chi connectivity index (χ0n) is 18.1. The van der Waals surface area contributed by atoms with Gasteiger partial charge in [-0.1, -0.05) is 61.0 Å². The Labute approximate surface area is 197 Å². The van der Waals surface area contributed by atoms with Crippen molar-refractivity contribution < 1.29 is 4.79 Å². The number of hydrogen-bond donors (Lipinski definition) is 2. The second-order valence-electron chi connectivity index (χ2n) is 7.81. The molecular weight excluding hydrogens is 487 g/mol. The third kappa shape index (κ3) is 6.72. The maximum Gasteiger partial charge on any atom is 0.223 e. The molecule has 1 heterocycles. The van der Waals surface area contributed by atoms with Gasteiger partial charge in [0.25, 0.3) is 0 Å². The van der Waals surface area contributed by atoms with Crippen molar-refractivity contribution in [1.29, 1.82) is 0 Å². The van der Waals surface area contributed by atoms with E-state index in [1.807, 2.05) is 17.0 Å². The van der Waals surface area contributed by atoms with E-state index in [2.05, 4.69) is 65.9 Å². The third-order valence-corrected chi connectivity index (χ3v) is 5.50. The average Bonchev–Trinajstić information content (AvgIpc) is 3.18. The first-order valence-electron chi connectivity index (χ1n) is 10.4. The zero-order valence-corrected chi connectivity index (χ0v) is 20.5. The molecule has 5 nitrogen and oxygen atoms in total. The number of benzene rings is 2. The van der Waals surface area contributed by atoms with Crippen LogP contribution in [0.2, 0.25) is 0 Å². The highest BCUT2D eigenvalue weighted by molar-refractivity contribution is 14.0. The summed E-state index contributed by atoms with van der Waals surface area (Å²) in [7, 11) is 1.78. The van der Waals surface area contributed by atoms with Crippen LogP contribution in [0, 0.1) is 6.92 Å². The SMILES string of the molecule is CN=C(NCCCC(=O)N1Cc2ccccc2C1)NCC(C)c1ccc(C)cc1.I. The minimum Gasteiger partial charge on any atom is -0.356 e. The molecule has 0 saturated carbocycles. The lowest BCUT2D eigenvalue weighted by Crippen LogP contribution is -2.39. The van der Waals surface area contributed by atoms with E-state index in [-0.39, 0.29) is 29.9 Å². The van der Waals surface area contributed by atoms with E-state index in [1.54, 1.807) is 7.05 Å². The number of amides is 1. The Morgan fingerprint density at radius 2 is 1.70 bits per heavy atom. The molecule has 0 aromatic heterocycles. The number of hydrogen-bond acceptors (Lipinski definition) is 2. The van der Waals surface area contributed by atoms with Gasteiger partial charge < -0.3 is 15.5 Å². The molecule has 3 rings (SSSR count). The molecule has 0 saturated heterocycles. The van der Waals surface area contributed by atoms with Gasteiger partial charge in [-0.15, -0.1) is 24.0 Å². The lowest BCUT2D eigenvalue weighted by Gasteiger charge is -2.17. The minimum atomic E-state index is 0. The van der Waals surface area contributed by atoms with Gasteiger partial charge in [-0.25, -0.2) is 0 Å². The summed E-state index contributed by atoms with van der Waals surface area (Å²) in [5.74, 6) is 1.40. The molecule has 0 fully saturated rings. The van der Waals surface area contributed by atoms with Crippen molar-refractivity contribution in [3.05, 3.63) is 70.8 Å². The Balaban J connectivity index is 0.00000320. The predicted octanol–water partition coefficient (Wildman–Crippen LogP) is 4.20. The number of nitrogens with one attached hydrogen (secondary N) is 2. The molecule has 0 spiro atoms. The maximum absolute atomic E-state index is 12.5. The second-order valence-corrected chi connectivity index (χ2v) is 7.81. The maximum atomic E-state index is 12.5. The number of carbonyl (C=O) groups excluding carboxylic acids is 1. The van der Waals surface area contributed by atoms with Gasteiger partial charge in [0.1, 0.15) is 0 Å². The zero-order chi connectivity index (χ0) is 20.6. The summed E-state index contributed by atoms with van der Waals surface area (Å²) in [4.78, 5) is 18.7. The summed E-state index contributed by atoms with van der Waals surface area (Å²) in [6, 6.07) is 16.9. The molecule has 2 aromatic rings. The number of guanidine groups is 1. The number of carbonyl (C=O) groups is 1. The molecule has 1 amide bonds. The molecule has 1 aliphatic rings. The normalized spacial score (nSPS) is 14.0. The van der Waals surface area contributed by atoms with Crippen molar-refractivity contribution in [1.82, 2.24) is 15.5 Å². The number of halogens is 1. The summed E-state index contributed by atoms with van der Waals surface area (Å²) in [6.07, 6.45) is 1.34. The lowest BCUT2D eigenvalue weighted by atomic mass is 10.0. The van der Waals surface area contributed by atoms with Crippen molar-refractivity contribution in [2.75, 3.05) is 20.1 Å². The van der Waals surface area contributed by atoms with E-state index >= 15 is 0 Å². The van der Waals surface area contributed by atoms with Crippen molar-refractivity contribution in [2.24, 2.45) is 4.99 Å². The number of fused-ring (bicyclic) bond motifs is 1. The number of nitrogens with zero attached hydrogens (tertiary/aromatic N) is 2. The van der Waals surface area contributed by atoms with Crippen LogP contribution in [0.1, 0.15) is 47.9 Å². The summed E-state index contributed by atoms with van der Waals surface area (Å²) in [5, 5.41) is 6.70. The first-order chi connectivity index (χ1) is 14.1. The Kier molecular flexibility index (Phi) is 9.62. The van der Waals surface area contributed by atoms with Crippen LogP contribution >= 0.6 is 24.0 Å². The monoisotopic (exact) mass is 520 g/mol. The molecular formula is C24H33IN4O. The highest BCUT2D eigenvalue weighted by Gasteiger charge is 2.22. The van der Waals surface area contributed by atoms with Crippen molar-refractivity contribution >= 4 is 35.8 Å². The van der Waals surface area contributed by atoms with E-state index in [0.717, 1.165) is 38.6 Å². The smallest absolute Gasteiger partial charge is 0.223 e. The summed E-state index contributed by atoms with van der Waals surface area (Å²) in [5.41, 5.74) is 5.13. The average molecular weight is 520 g/mol. The van der Waals surface area contributed by atoms with Crippen molar-refractivity contribution in [3.8, 4) is 0 Å². The highest BCUT2D eigenvalue weighted by atomic mass is 127. The third-order valence-electron chi connectivity index (χ3n) is 5.50. The molecule has 2 N–H and O–H groups in total. The van der Waals surface area contributed by atoms with Gasteiger partial charge in [0, 0.05) is 39.6 Å². The number of aryl methyl sites for hydroxylation is 1. The highest BCUT2D eigenvalue weighted by Crippen LogP contribution is 2.22. The summed E-state index contributed by atoms with van der Waals surface area (Å²) >= 11 is 0. The summed E-state index contributed by atoms with van der Waals surface area (Å²) in [6.45, 7) is 7.33. The van der Waals surface area contributed by atoms with Gasteiger partial charge in [-0.2, -0.15) is 0 Å².